The topological polar surface area (TPSA) is 131 Å². The van der Waals surface area contributed by atoms with Gasteiger partial charge < -0.3 is 14.8 Å². The van der Waals surface area contributed by atoms with Gasteiger partial charge in [0, 0.05) is 19.6 Å². The maximum atomic E-state index is 13.0. The number of hydrogen-bond donors (Lipinski definition) is 2. The molecule has 1 aromatic carbocycles. The summed E-state index contributed by atoms with van der Waals surface area (Å²) in [6.45, 7) is 2.53. The van der Waals surface area contributed by atoms with E-state index < -0.39 is 34.5 Å². The number of esters is 1. The van der Waals surface area contributed by atoms with Crippen LogP contribution in [0.3, 0.4) is 0 Å². The van der Waals surface area contributed by atoms with Gasteiger partial charge in [-0.15, -0.1) is 0 Å². The highest BCUT2D eigenvalue weighted by atomic mass is 32.2. The zero-order valence-corrected chi connectivity index (χ0v) is 19.3. The van der Waals surface area contributed by atoms with Crippen LogP contribution < -0.4 is 15.4 Å². The lowest BCUT2D eigenvalue weighted by Crippen LogP contribution is -2.41. The lowest BCUT2D eigenvalue weighted by atomic mass is 10.2. The molecule has 0 bridgehead atoms. The van der Waals surface area contributed by atoms with Crippen LogP contribution in [0.25, 0.3) is 0 Å². The molecule has 0 radical (unpaired) electrons. The zero-order valence-electron chi connectivity index (χ0n) is 18.5. The standard InChI is InChI=1S/C21H31N3O7S/c1-3-4-11-22-21(27)23-19(25)15-31-20(26)17-14-16(9-10-18(17)30-2)32(28,29)24-12-7-5-6-8-13-24/h9-10,14H,3-8,11-13,15H2,1-2H3,(H2,22,23,25,27). The van der Waals surface area contributed by atoms with E-state index >= 15 is 0 Å². The van der Waals surface area contributed by atoms with Crippen LogP contribution in [-0.2, 0) is 19.6 Å². The highest BCUT2D eigenvalue weighted by Gasteiger charge is 2.27. The predicted molar refractivity (Wildman–Crippen MR) is 117 cm³/mol. The number of rotatable bonds is 9. The quantitative estimate of drug-likeness (QED) is 0.418. The summed E-state index contributed by atoms with van der Waals surface area (Å²) in [5.41, 5.74) is -0.122. The Morgan fingerprint density at radius 1 is 1.09 bits per heavy atom. The van der Waals surface area contributed by atoms with E-state index in [0.717, 1.165) is 38.5 Å². The van der Waals surface area contributed by atoms with Gasteiger partial charge in [0.15, 0.2) is 6.61 Å². The van der Waals surface area contributed by atoms with Gasteiger partial charge in [-0.25, -0.2) is 18.0 Å². The summed E-state index contributed by atoms with van der Waals surface area (Å²) >= 11 is 0. The van der Waals surface area contributed by atoms with Gasteiger partial charge >= 0.3 is 12.0 Å². The molecule has 0 atom stereocenters. The smallest absolute Gasteiger partial charge is 0.342 e. The Balaban J connectivity index is 2.07. The monoisotopic (exact) mass is 469 g/mol. The first-order valence-corrected chi connectivity index (χ1v) is 12.2. The Morgan fingerprint density at radius 2 is 1.78 bits per heavy atom. The second-order valence-electron chi connectivity index (χ2n) is 7.41. The van der Waals surface area contributed by atoms with Crippen molar-refractivity contribution in [3.8, 4) is 5.75 Å². The van der Waals surface area contributed by atoms with Crippen LogP contribution in [0.1, 0.15) is 55.8 Å². The Kier molecular flexibility index (Phi) is 9.92. The number of sulfonamides is 1. The molecule has 2 N–H and O–H groups in total. The van der Waals surface area contributed by atoms with Gasteiger partial charge in [-0.05, 0) is 37.5 Å². The predicted octanol–water partition coefficient (Wildman–Crippen LogP) is 2.04. The van der Waals surface area contributed by atoms with Crippen LogP contribution in [0.15, 0.2) is 23.1 Å². The van der Waals surface area contributed by atoms with Crippen LogP contribution >= 0.6 is 0 Å². The van der Waals surface area contributed by atoms with Crippen molar-refractivity contribution in [1.82, 2.24) is 14.9 Å². The van der Waals surface area contributed by atoms with Crippen molar-refractivity contribution in [1.29, 1.82) is 0 Å². The minimum atomic E-state index is -3.79. The first-order valence-electron chi connectivity index (χ1n) is 10.7. The molecule has 11 heteroatoms. The van der Waals surface area contributed by atoms with Crippen LogP contribution in [0.4, 0.5) is 4.79 Å². The molecule has 3 amide bonds. The number of hydrogen-bond acceptors (Lipinski definition) is 7. The third-order valence-corrected chi connectivity index (χ3v) is 6.89. The molecule has 10 nitrogen and oxygen atoms in total. The van der Waals surface area contributed by atoms with Crippen molar-refractivity contribution in [3.63, 3.8) is 0 Å². The minimum absolute atomic E-state index is 0.0492. The molecular formula is C21H31N3O7S. The summed E-state index contributed by atoms with van der Waals surface area (Å²) in [5.74, 6) is -1.63. The van der Waals surface area contributed by atoms with E-state index in [1.165, 1.54) is 29.6 Å². The number of carbonyl (C=O) groups excluding carboxylic acids is 3. The Morgan fingerprint density at radius 3 is 2.41 bits per heavy atom. The van der Waals surface area contributed by atoms with E-state index in [9.17, 15) is 22.8 Å². The van der Waals surface area contributed by atoms with Crippen LogP contribution in [0, 0.1) is 0 Å². The molecule has 1 aromatic rings. The summed E-state index contributed by atoms with van der Waals surface area (Å²) in [7, 11) is -2.45. The Labute approximate surface area is 188 Å². The number of benzene rings is 1. The molecule has 0 aliphatic carbocycles. The summed E-state index contributed by atoms with van der Waals surface area (Å²) in [5, 5.41) is 4.57. The summed E-state index contributed by atoms with van der Waals surface area (Å²) < 4.78 is 37.6. The molecular weight excluding hydrogens is 438 g/mol. The third kappa shape index (κ3) is 7.20. The number of nitrogens with one attached hydrogen (secondary N) is 2. The van der Waals surface area contributed by atoms with E-state index in [-0.39, 0.29) is 16.2 Å². The van der Waals surface area contributed by atoms with Gasteiger partial charge in [0.2, 0.25) is 10.0 Å². The van der Waals surface area contributed by atoms with Crippen molar-refractivity contribution in [3.05, 3.63) is 23.8 Å². The molecule has 1 heterocycles. The fraction of sp³-hybridized carbons (Fsp3) is 0.571. The number of nitrogens with zero attached hydrogens (tertiary/aromatic N) is 1. The highest BCUT2D eigenvalue weighted by molar-refractivity contribution is 7.89. The van der Waals surface area contributed by atoms with Crippen molar-refractivity contribution in [2.45, 2.75) is 50.3 Å². The molecule has 1 aliphatic heterocycles. The first-order chi connectivity index (χ1) is 15.3. The van der Waals surface area contributed by atoms with Crippen molar-refractivity contribution in [2.75, 3.05) is 33.4 Å². The average Bonchev–Trinajstić information content (AvgIpc) is 3.07. The summed E-state index contributed by atoms with van der Waals surface area (Å²) in [6, 6.07) is 3.27. The summed E-state index contributed by atoms with van der Waals surface area (Å²) in [6.07, 6.45) is 5.18. The molecule has 1 aliphatic rings. The molecule has 0 aromatic heterocycles. The maximum absolute atomic E-state index is 13.0. The molecule has 178 valence electrons. The second kappa shape index (κ2) is 12.4. The zero-order chi connectivity index (χ0) is 23.6. The fourth-order valence-electron chi connectivity index (χ4n) is 3.23. The number of unbranched alkanes of at least 4 members (excludes halogenated alkanes) is 1. The van der Waals surface area contributed by atoms with E-state index in [0.29, 0.717) is 19.6 Å². The lowest BCUT2D eigenvalue weighted by molar-refractivity contribution is -0.123. The second-order valence-corrected chi connectivity index (χ2v) is 9.35. The van der Waals surface area contributed by atoms with Gasteiger partial charge in [0.05, 0.1) is 12.0 Å². The van der Waals surface area contributed by atoms with Gasteiger partial charge in [-0.3, -0.25) is 10.1 Å². The van der Waals surface area contributed by atoms with Gasteiger partial charge in [-0.1, -0.05) is 26.2 Å². The largest absolute Gasteiger partial charge is 0.496 e. The first kappa shape index (κ1) is 25.6. The molecule has 0 saturated carbocycles. The van der Waals surface area contributed by atoms with E-state index in [1.807, 2.05) is 6.92 Å². The van der Waals surface area contributed by atoms with E-state index in [4.69, 9.17) is 9.47 Å². The number of imide groups is 1. The minimum Gasteiger partial charge on any atom is -0.496 e. The molecule has 2 rings (SSSR count). The Bertz CT molecular complexity index is 910. The number of carbonyl (C=O) groups is 3. The van der Waals surface area contributed by atoms with Crippen molar-refractivity contribution in [2.24, 2.45) is 0 Å². The van der Waals surface area contributed by atoms with E-state index in [1.54, 1.807) is 0 Å². The van der Waals surface area contributed by atoms with Crippen LogP contribution in [0.2, 0.25) is 0 Å². The average molecular weight is 470 g/mol. The van der Waals surface area contributed by atoms with Gasteiger partial charge in [0.25, 0.3) is 5.91 Å². The number of ether oxygens (including phenoxy) is 2. The number of methoxy groups -OCH3 is 1. The molecule has 0 unspecified atom stereocenters. The van der Waals surface area contributed by atoms with Crippen LogP contribution in [-0.4, -0.2) is 64.0 Å². The summed E-state index contributed by atoms with van der Waals surface area (Å²) in [4.78, 5) is 36.0. The van der Waals surface area contributed by atoms with Gasteiger partial charge in [-0.2, -0.15) is 4.31 Å². The lowest BCUT2D eigenvalue weighted by Gasteiger charge is -2.20. The van der Waals surface area contributed by atoms with Crippen LogP contribution in [0.5, 0.6) is 5.75 Å². The van der Waals surface area contributed by atoms with Crippen molar-refractivity contribution >= 4 is 27.9 Å². The van der Waals surface area contributed by atoms with Crippen molar-refractivity contribution < 1.29 is 32.3 Å². The SMILES string of the molecule is CCCCNC(=O)NC(=O)COC(=O)c1cc(S(=O)(=O)N2CCCCCC2)ccc1OC. The normalized spacial score (nSPS) is 14.8. The van der Waals surface area contributed by atoms with Gasteiger partial charge in [0.1, 0.15) is 11.3 Å². The number of amides is 3. The fourth-order valence-corrected chi connectivity index (χ4v) is 4.78. The molecule has 1 fully saturated rings. The molecule has 1 saturated heterocycles. The highest BCUT2D eigenvalue weighted by Crippen LogP contribution is 2.26. The molecule has 0 spiro atoms. The third-order valence-electron chi connectivity index (χ3n) is 5.00. The van der Waals surface area contributed by atoms with E-state index in [2.05, 4.69) is 10.6 Å². The Hall–Kier alpha value is -2.66. The number of urea groups is 1. The maximum Gasteiger partial charge on any atom is 0.342 e. The molecule has 32 heavy (non-hydrogen) atoms.